The van der Waals surface area contributed by atoms with Gasteiger partial charge in [0.05, 0.1) is 18.0 Å². The summed E-state index contributed by atoms with van der Waals surface area (Å²) in [6.45, 7) is 2.53. The van der Waals surface area contributed by atoms with E-state index in [0.717, 1.165) is 24.2 Å². The minimum absolute atomic E-state index is 0.0742. The summed E-state index contributed by atoms with van der Waals surface area (Å²) in [5.41, 5.74) is 1.79. The molecule has 1 atom stereocenters. The van der Waals surface area contributed by atoms with Crippen LogP contribution in [0.4, 0.5) is 0 Å². The molecule has 16 heavy (non-hydrogen) atoms. The topological polar surface area (TPSA) is 50.3 Å². The predicted octanol–water partition coefficient (Wildman–Crippen LogP) is 1.49. The molecule has 1 aliphatic rings. The Morgan fingerprint density at radius 2 is 2.19 bits per heavy atom. The fourth-order valence-electron chi connectivity index (χ4n) is 2.18. The fourth-order valence-corrected chi connectivity index (χ4v) is 3.32. The average Bonchev–Trinajstić information content (AvgIpc) is 2.65. The molecule has 1 saturated heterocycles. The zero-order valence-corrected chi connectivity index (χ0v) is 10.4. The Morgan fingerprint density at radius 1 is 1.44 bits per heavy atom. The molecular formula is C11H16N2O2S. The molecule has 4 nitrogen and oxygen atoms in total. The second kappa shape index (κ2) is 4.14. The van der Waals surface area contributed by atoms with Crippen LogP contribution < -0.4 is 0 Å². The third-order valence-corrected chi connectivity index (χ3v) is 4.17. The molecule has 0 saturated carbocycles. The lowest BCUT2D eigenvalue weighted by molar-refractivity contribution is 0.393. The first-order valence-corrected chi connectivity index (χ1v) is 7.24. The van der Waals surface area contributed by atoms with Crippen molar-refractivity contribution >= 4 is 10.0 Å². The van der Waals surface area contributed by atoms with Gasteiger partial charge in [0.25, 0.3) is 0 Å². The summed E-state index contributed by atoms with van der Waals surface area (Å²) in [7, 11) is -3.12. The van der Waals surface area contributed by atoms with Crippen molar-refractivity contribution in [3.8, 4) is 0 Å². The monoisotopic (exact) mass is 240 g/mol. The Bertz CT molecular complexity index is 485. The van der Waals surface area contributed by atoms with Gasteiger partial charge in [-0.2, -0.15) is 4.31 Å². The molecule has 88 valence electrons. The van der Waals surface area contributed by atoms with Gasteiger partial charge in [0.15, 0.2) is 0 Å². The zero-order valence-electron chi connectivity index (χ0n) is 9.55. The highest BCUT2D eigenvalue weighted by Gasteiger charge is 2.33. The van der Waals surface area contributed by atoms with Crippen LogP contribution in [0.1, 0.15) is 30.3 Å². The zero-order chi connectivity index (χ0) is 11.8. The van der Waals surface area contributed by atoms with Crippen LogP contribution in [0.25, 0.3) is 0 Å². The van der Waals surface area contributed by atoms with Crippen molar-refractivity contribution in [2.75, 3.05) is 12.8 Å². The fraction of sp³-hybridized carbons (Fsp3) is 0.545. The van der Waals surface area contributed by atoms with E-state index >= 15 is 0 Å². The van der Waals surface area contributed by atoms with Crippen molar-refractivity contribution in [1.29, 1.82) is 0 Å². The summed E-state index contributed by atoms with van der Waals surface area (Å²) in [5, 5.41) is 0. The molecule has 2 rings (SSSR count). The van der Waals surface area contributed by atoms with Gasteiger partial charge in [-0.25, -0.2) is 8.42 Å². The summed E-state index contributed by atoms with van der Waals surface area (Å²) < 4.78 is 24.8. The van der Waals surface area contributed by atoms with Crippen molar-refractivity contribution in [1.82, 2.24) is 9.29 Å². The number of nitrogens with zero attached hydrogens (tertiary/aromatic N) is 2. The van der Waals surface area contributed by atoms with Crippen molar-refractivity contribution in [2.24, 2.45) is 0 Å². The van der Waals surface area contributed by atoms with Gasteiger partial charge in [0.2, 0.25) is 10.0 Å². The van der Waals surface area contributed by atoms with E-state index in [4.69, 9.17) is 0 Å². The van der Waals surface area contributed by atoms with E-state index < -0.39 is 10.0 Å². The molecular weight excluding hydrogens is 224 g/mol. The normalized spacial score (nSPS) is 22.5. The first-order valence-electron chi connectivity index (χ1n) is 5.39. The second-order valence-electron chi connectivity index (χ2n) is 4.24. The lowest BCUT2D eigenvalue weighted by Gasteiger charge is -2.21. The molecule has 1 aromatic heterocycles. The van der Waals surface area contributed by atoms with Crippen LogP contribution >= 0.6 is 0 Å². The van der Waals surface area contributed by atoms with Crippen LogP contribution in [0.2, 0.25) is 0 Å². The average molecular weight is 240 g/mol. The van der Waals surface area contributed by atoms with Gasteiger partial charge in [-0.1, -0.05) is 6.07 Å². The summed E-state index contributed by atoms with van der Waals surface area (Å²) in [6, 6.07) is 5.68. The number of aryl methyl sites for hydroxylation is 1. The molecule has 0 aromatic carbocycles. The van der Waals surface area contributed by atoms with E-state index in [1.165, 1.54) is 6.26 Å². The first-order chi connectivity index (χ1) is 7.48. The van der Waals surface area contributed by atoms with E-state index in [-0.39, 0.29) is 6.04 Å². The number of pyridine rings is 1. The summed E-state index contributed by atoms with van der Waals surface area (Å²) in [6.07, 6.45) is 3.04. The molecule has 1 fully saturated rings. The minimum Gasteiger partial charge on any atom is -0.256 e. The highest BCUT2D eigenvalue weighted by Crippen LogP contribution is 2.32. The Kier molecular flexibility index (Phi) is 2.99. The lowest BCUT2D eigenvalue weighted by Crippen LogP contribution is -2.29. The van der Waals surface area contributed by atoms with Gasteiger partial charge < -0.3 is 0 Å². The van der Waals surface area contributed by atoms with E-state index in [9.17, 15) is 8.42 Å². The van der Waals surface area contributed by atoms with Gasteiger partial charge in [0, 0.05) is 12.2 Å². The number of sulfonamides is 1. The predicted molar refractivity (Wildman–Crippen MR) is 62.5 cm³/mol. The molecule has 0 amide bonds. The maximum atomic E-state index is 11.6. The van der Waals surface area contributed by atoms with E-state index in [0.29, 0.717) is 6.54 Å². The highest BCUT2D eigenvalue weighted by molar-refractivity contribution is 7.88. The van der Waals surface area contributed by atoms with Crippen molar-refractivity contribution < 1.29 is 8.42 Å². The minimum atomic E-state index is -3.12. The van der Waals surface area contributed by atoms with Crippen molar-refractivity contribution in [3.63, 3.8) is 0 Å². The summed E-state index contributed by atoms with van der Waals surface area (Å²) in [4.78, 5) is 4.41. The lowest BCUT2D eigenvalue weighted by atomic mass is 10.1. The van der Waals surface area contributed by atoms with Crippen molar-refractivity contribution in [3.05, 3.63) is 29.6 Å². The molecule has 1 aromatic rings. The molecule has 0 aliphatic carbocycles. The van der Waals surface area contributed by atoms with Crippen molar-refractivity contribution in [2.45, 2.75) is 25.8 Å². The molecule has 2 heterocycles. The van der Waals surface area contributed by atoms with Crippen LogP contribution in [0.15, 0.2) is 18.2 Å². The van der Waals surface area contributed by atoms with Gasteiger partial charge in [-0.3, -0.25) is 4.98 Å². The van der Waals surface area contributed by atoms with Crippen LogP contribution in [0, 0.1) is 6.92 Å². The quantitative estimate of drug-likeness (QED) is 0.787. The third-order valence-electron chi connectivity index (χ3n) is 2.88. The molecule has 0 bridgehead atoms. The van der Waals surface area contributed by atoms with E-state index in [1.54, 1.807) is 4.31 Å². The van der Waals surface area contributed by atoms with Gasteiger partial charge in [0.1, 0.15) is 0 Å². The Balaban J connectivity index is 2.34. The van der Waals surface area contributed by atoms with E-state index in [2.05, 4.69) is 4.98 Å². The highest BCUT2D eigenvalue weighted by atomic mass is 32.2. The van der Waals surface area contributed by atoms with Crippen LogP contribution in [-0.4, -0.2) is 30.5 Å². The number of hydrogen-bond acceptors (Lipinski definition) is 3. The van der Waals surface area contributed by atoms with Crippen LogP contribution in [-0.2, 0) is 10.0 Å². The van der Waals surface area contributed by atoms with Gasteiger partial charge in [-0.05, 0) is 31.9 Å². The largest absolute Gasteiger partial charge is 0.256 e. The summed E-state index contributed by atoms with van der Waals surface area (Å²) >= 11 is 0. The standard InChI is InChI=1S/C11H16N2O2S/c1-9-5-3-6-10(12-9)11-7-4-8-13(11)16(2,14)15/h3,5-6,11H,4,7-8H2,1-2H3. The Hall–Kier alpha value is -0.940. The number of hydrogen-bond donors (Lipinski definition) is 0. The van der Waals surface area contributed by atoms with Crippen LogP contribution in [0.3, 0.4) is 0 Å². The number of aromatic nitrogens is 1. The Morgan fingerprint density at radius 3 is 2.81 bits per heavy atom. The maximum Gasteiger partial charge on any atom is 0.211 e. The SMILES string of the molecule is Cc1cccc(C2CCCN2S(C)(=O)=O)n1. The van der Waals surface area contributed by atoms with Gasteiger partial charge >= 0.3 is 0 Å². The van der Waals surface area contributed by atoms with E-state index in [1.807, 2.05) is 25.1 Å². The van der Waals surface area contributed by atoms with Crippen LogP contribution in [0.5, 0.6) is 0 Å². The Labute approximate surface area is 96.4 Å². The molecule has 1 aliphatic heterocycles. The van der Waals surface area contributed by atoms with Gasteiger partial charge in [-0.15, -0.1) is 0 Å². The third kappa shape index (κ3) is 2.25. The summed E-state index contributed by atoms with van der Waals surface area (Å²) in [5.74, 6) is 0. The smallest absolute Gasteiger partial charge is 0.211 e. The molecule has 5 heteroatoms. The molecule has 0 radical (unpaired) electrons. The maximum absolute atomic E-state index is 11.6. The molecule has 1 unspecified atom stereocenters. The first kappa shape index (κ1) is 11.5. The molecule has 0 spiro atoms. The second-order valence-corrected chi connectivity index (χ2v) is 6.17. The molecule has 0 N–H and O–H groups in total. The number of rotatable bonds is 2.